The fraction of sp³-hybridized carbons (Fsp3) is 0.524. The monoisotopic (exact) mass is 468 g/mol. The first-order valence-electron chi connectivity index (χ1n) is 10.3. The number of nitrogens with two attached hydrogens (primary N) is 1. The van der Waals surface area contributed by atoms with Crippen molar-refractivity contribution in [2.24, 2.45) is 11.7 Å². The first kappa shape index (κ1) is 27.8. The molecule has 5 atom stereocenters. The molecule has 0 aliphatic carbocycles. The number of amides is 3. The molecule has 0 heterocycles. The van der Waals surface area contributed by atoms with Gasteiger partial charge in [0.25, 0.3) is 0 Å². The van der Waals surface area contributed by atoms with Crippen LogP contribution in [-0.4, -0.2) is 81.0 Å². The third-order valence-corrected chi connectivity index (χ3v) is 4.88. The van der Waals surface area contributed by atoms with Crippen LogP contribution in [0.25, 0.3) is 0 Å². The van der Waals surface area contributed by atoms with Crippen LogP contribution in [0.5, 0.6) is 5.75 Å². The summed E-state index contributed by atoms with van der Waals surface area (Å²) in [5.41, 5.74) is 6.16. The summed E-state index contributed by atoms with van der Waals surface area (Å²) < 4.78 is 0. The fourth-order valence-corrected chi connectivity index (χ4v) is 2.80. The standard InChI is InChI=1S/C21H32N4O8/c1-10(2)17(25-19(30)16(22)11(3)27)20(31)23-14(8-12-4-6-13(28)7-5-12)18(29)24-15(9-26)21(32)33/h4-7,10-11,14-17,26-28H,8-9,22H2,1-3H3,(H,23,31)(H,24,29)(H,25,30)(H,32,33). The number of carbonyl (C=O) groups excluding carboxylic acids is 3. The molecule has 0 bridgehead atoms. The Labute approximate surface area is 191 Å². The van der Waals surface area contributed by atoms with Gasteiger partial charge in [-0.05, 0) is 30.5 Å². The number of hydrogen-bond donors (Lipinski definition) is 8. The highest BCUT2D eigenvalue weighted by Gasteiger charge is 2.32. The van der Waals surface area contributed by atoms with Gasteiger partial charge < -0.3 is 42.1 Å². The van der Waals surface area contributed by atoms with Gasteiger partial charge in [0.2, 0.25) is 17.7 Å². The van der Waals surface area contributed by atoms with Crippen molar-refractivity contribution in [2.45, 2.75) is 57.5 Å². The number of aliphatic carboxylic acids is 1. The van der Waals surface area contributed by atoms with Crippen molar-refractivity contribution in [1.82, 2.24) is 16.0 Å². The maximum Gasteiger partial charge on any atom is 0.328 e. The second kappa shape index (κ2) is 12.7. The van der Waals surface area contributed by atoms with Crippen molar-refractivity contribution in [2.75, 3.05) is 6.61 Å². The van der Waals surface area contributed by atoms with Gasteiger partial charge in [-0.2, -0.15) is 0 Å². The van der Waals surface area contributed by atoms with E-state index in [1.165, 1.54) is 31.2 Å². The van der Waals surface area contributed by atoms with E-state index in [9.17, 15) is 34.5 Å². The molecule has 12 nitrogen and oxygen atoms in total. The molecule has 0 spiro atoms. The van der Waals surface area contributed by atoms with Crippen LogP contribution in [0.3, 0.4) is 0 Å². The quantitative estimate of drug-likeness (QED) is 0.167. The molecule has 0 aliphatic rings. The number of phenolic OH excluding ortho intramolecular Hbond substituents is 1. The van der Waals surface area contributed by atoms with E-state index in [1.54, 1.807) is 13.8 Å². The van der Waals surface area contributed by atoms with Crippen LogP contribution < -0.4 is 21.7 Å². The highest BCUT2D eigenvalue weighted by atomic mass is 16.4. The summed E-state index contributed by atoms with van der Waals surface area (Å²) in [4.78, 5) is 49.1. The fourth-order valence-electron chi connectivity index (χ4n) is 2.80. The predicted molar refractivity (Wildman–Crippen MR) is 117 cm³/mol. The number of benzene rings is 1. The Morgan fingerprint density at radius 1 is 0.909 bits per heavy atom. The molecule has 3 amide bonds. The van der Waals surface area contributed by atoms with Crippen molar-refractivity contribution in [3.8, 4) is 5.75 Å². The van der Waals surface area contributed by atoms with Gasteiger partial charge in [-0.25, -0.2) is 4.79 Å². The van der Waals surface area contributed by atoms with Crippen LogP contribution in [0.2, 0.25) is 0 Å². The highest BCUT2D eigenvalue weighted by Crippen LogP contribution is 2.12. The lowest BCUT2D eigenvalue weighted by atomic mass is 10.00. The first-order chi connectivity index (χ1) is 15.4. The lowest BCUT2D eigenvalue weighted by molar-refractivity contribution is -0.143. The average Bonchev–Trinajstić information content (AvgIpc) is 2.75. The van der Waals surface area contributed by atoms with Gasteiger partial charge in [0.05, 0.1) is 12.7 Å². The van der Waals surface area contributed by atoms with E-state index < -0.39 is 66.5 Å². The molecular formula is C21H32N4O8. The number of nitrogens with one attached hydrogen (secondary N) is 3. The number of aliphatic hydroxyl groups excluding tert-OH is 2. The number of carbonyl (C=O) groups is 4. The van der Waals surface area contributed by atoms with Crippen molar-refractivity contribution >= 4 is 23.7 Å². The zero-order valence-electron chi connectivity index (χ0n) is 18.7. The van der Waals surface area contributed by atoms with Gasteiger partial charge >= 0.3 is 5.97 Å². The van der Waals surface area contributed by atoms with E-state index in [2.05, 4.69) is 16.0 Å². The molecule has 0 radical (unpaired) electrons. The molecule has 12 heteroatoms. The number of rotatable bonds is 12. The lowest BCUT2D eigenvalue weighted by Gasteiger charge is -2.27. The van der Waals surface area contributed by atoms with E-state index in [-0.39, 0.29) is 12.2 Å². The third kappa shape index (κ3) is 8.67. The Morgan fingerprint density at radius 2 is 1.45 bits per heavy atom. The maximum atomic E-state index is 12.9. The van der Waals surface area contributed by atoms with E-state index >= 15 is 0 Å². The lowest BCUT2D eigenvalue weighted by Crippen LogP contribution is -2.60. The van der Waals surface area contributed by atoms with Crippen molar-refractivity contribution in [3.05, 3.63) is 29.8 Å². The van der Waals surface area contributed by atoms with Gasteiger partial charge in [-0.15, -0.1) is 0 Å². The van der Waals surface area contributed by atoms with E-state index in [1.807, 2.05) is 0 Å². The summed E-state index contributed by atoms with van der Waals surface area (Å²) in [5.74, 6) is -4.24. The van der Waals surface area contributed by atoms with Gasteiger partial charge in [-0.1, -0.05) is 26.0 Å². The minimum atomic E-state index is -1.58. The number of aromatic hydroxyl groups is 1. The summed E-state index contributed by atoms with van der Waals surface area (Å²) in [5, 5.41) is 44.3. The Morgan fingerprint density at radius 3 is 1.91 bits per heavy atom. The van der Waals surface area contributed by atoms with E-state index in [0.29, 0.717) is 5.56 Å². The second-order valence-electron chi connectivity index (χ2n) is 8.01. The molecule has 1 aromatic carbocycles. The zero-order chi connectivity index (χ0) is 25.3. The van der Waals surface area contributed by atoms with Gasteiger partial charge in [-0.3, -0.25) is 14.4 Å². The Balaban J connectivity index is 3.10. The molecule has 5 unspecified atom stereocenters. The zero-order valence-corrected chi connectivity index (χ0v) is 18.7. The smallest absolute Gasteiger partial charge is 0.328 e. The molecular weight excluding hydrogens is 436 g/mol. The minimum Gasteiger partial charge on any atom is -0.508 e. The average molecular weight is 469 g/mol. The molecule has 0 saturated heterocycles. The Hall–Kier alpha value is -3.22. The highest BCUT2D eigenvalue weighted by molar-refractivity contribution is 5.94. The molecule has 0 aliphatic heterocycles. The molecule has 0 fully saturated rings. The van der Waals surface area contributed by atoms with Crippen LogP contribution in [0.1, 0.15) is 26.3 Å². The minimum absolute atomic E-state index is 0.00737. The molecule has 1 rings (SSSR count). The first-order valence-corrected chi connectivity index (χ1v) is 10.3. The number of carboxylic acids is 1. The van der Waals surface area contributed by atoms with Crippen LogP contribution in [0, 0.1) is 5.92 Å². The van der Waals surface area contributed by atoms with Crippen LogP contribution in [-0.2, 0) is 25.6 Å². The largest absolute Gasteiger partial charge is 0.508 e. The van der Waals surface area contributed by atoms with Crippen molar-refractivity contribution in [3.63, 3.8) is 0 Å². The van der Waals surface area contributed by atoms with Crippen LogP contribution in [0.15, 0.2) is 24.3 Å². The molecule has 9 N–H and O–H groups in total. The molecule has 0 aromatic heterocycles. The number of aliphatic hydroxyl groups is 2. The van der Waals surface area contributed by atoms with Crippen molar-refractivity contribution < 1.29 is 39.6 Å². The van der Waals surface area contributed by atoms with E-state index in [0.717, 1.165) is 0 Å². The predicted octanol–water partition coefficient (Wildman–Crippen LogP) is -2.17. The third-order valence-electron chi connectivity index (χ3n) is 4.88. The van der Waals surface area contributed by atoms with E-state index in [4.69, 9.17) is 10.8 Å². The molecule has 1 aromatic rings. The summed E-state index contributed by atoms with van der Waals surface area (Å²) in [7, 11) is 0. The van der Waals surface area contributed by atoms with Crippen molar-refractivity contribution in [1.29, 1.82) is 0 Å². The summed E-state index contributed by atoms with van der Waals surface area (Å²) in [6, 6.07) is 0.586. The summed E-state index contributed by atoms with van der Waals surface area (Å²) >= 11 is 0. The van der Waals surface area contributed by atoms with Gasteiger partial charge in [0, 0.05) is 6.42 Å². The molecule has 184 valence electrons. The Kier molecular flexibility index (Phi) is 10.7. The molecule has 33 heavy (non-hydrogen) atoms. The van der Waals surface area contributed by atoms with Crippen LogP contribution in [0.4, 0.5) is 0 Å². The Bertz CT molecular complexity index is 828. The topological polar surface area (TPSA) is 211 Å². The second-order valence-corrected chi connectivity index (χ2v) is 8.01. The molecule has 0 saturated carbocycles. The summed E-state index contributed by atoms with van der Waals surface area (Å²) in [6.07, 6.45) is -1.22. The SMILES string of the molecule is CC(C)C(NC(=O)C(N)C(C)O)C(=O)NC(Cc1ccc(O)cc1)C(=O)NC(CO)C(=O)O. The van der Waals surface area contributed by atoms with Gasteiger partial charge in [0.1, 0.15) is 29.9 Å². The van der Waals surface area contributed by atoms with Gasteiger partial charge in [0.15, 0.2) is 0 Å². The maximum absolute atomic E-state index is 12.9. The number of carboxylic acid groups (broad SMARTS) is 1. The number of phenols is 1. The normalized spacial score (nSPS) is 15.6. The van der Waals surface area contributed by atoms with Crippen LogP contribution >= 0.6 is 0 Å². The summed E-state index contributed by atoms with van der Waals surface area (Å²) in [6.45, 7) is 3.77. The number of hydrogen-bond acceptors (Lipinski definition) is 8.